The number of hydrogen-bond donors (Lipinski definition) is 2. The van der Waals surface area contributed by atoms with Crippen molar-refractivity contribution in [1.82, 2.24) is 0 Å². The fourth-order valence-electron chi connectivity index (χ4n) is 3.65. The van der Waals surface area contributed by atoms with Gasteiger partial charge in [-0.2, -0.15) is 0 Å². The van der Waals surface area contributed by atoms with Crippen molar-refractivity contribution in [1.29, 1.82) is 0 Å². The summed E-state index contributed by atoms with van der Waals surface area (Å²) in [7, 11) is -3.57. The number of aromatic hydroxyl groups is 2. The fourth-order valence-corrected chi connectivity index (χ4v) is 4.90. The highest BCUT2D eigenvalue weighted by Gasteiger charge is 2.29. The average Bonchev–Trinajstić information content (AvgIpc) is 2.54. The summed E-state index contributed by atoms with van der Waals surface area (Å²) in [5.74, 6) is -0.436. The van der Waals surface area contributed by atoms with Crippen LogP contribution in [0.2, 0.25) is 0 Å². The minimum absolute atomic E-state index is 0.00926. The van der Waals surface area contributed by atoms with Crippen LogP contribution in [0.25, 0.3) is 0 Å². The molecule has 4 nitrogen and oxygen atoms in total. The Hall–Kier alpha value is -1.49. The van der Waals surface area contributed by atoms with Crippen LogP contribution in [0.15, 0.2) is 22.6 Å². The van der Waals surface area contributed by atoms with E-state index in [-0.39, 0.29) is 28.1 Å². The molecule has 1 aliphatic rings. The van der Waals surface area contributed by atoms with Gasteiger partial charge in [0.15, 0.2) is 9.84 Å². The maximum Gasteiger partial charge on any atom is 0.182 e. The number of phenolic OH excluding ortho intramolecular Hbond substituents is 2. The summed E-state index contributed by atoms with van der Waals surface area (Å²) >= 11 is 0. The van der Waals surface area contributed by atoms with Crippen molar-refractivity contribution in [3.05, 3.63) is 28.8 Å². The van der Waals surface area contributed by atoms with Gasteiger partial charge in [0, 0.05) is 11.5 Å². The van der Waals surface area contributed by atoms with Gasteiger partial charge in [0.05, 0.1) is 5.75 Å². The van der Waals surface area contributed by atoms with Crippen molar-refractivity contribution in [2.24, 2.45) is 0 Å². The van der Waals surface area contributed by atoms with Crippen LogP contribution in [-0.4, -0.2) is 24.4 Å². The zero-order valence-corrected chi connectivity index (χ0v) is 16.3. The van der Waals surface area contributed by atoms with E-state index in [1.165, 1.54) is 5.57 Å². The standard InChI is InChI=1S/C20H30O4S/c1-4-6-7-10-16-13-17(21)18(15-11-8-9-14(3)12-15)19(22)20(16)25(23,24)5-2/h12-13,15,21-22H,4-11H2,1-3H3. The molecular weight excluding hydrogens is 336 g/mol. The predicted molar refractivity (Wildman–Crippen MR) is 101 cm³/mol. The van der Waals surface area contributed by atoms with Gasteiger partial charge in [0.2, 0.25) is 0 Å². The van der Waals surface area contributed by atoms with Crippen LogP contribution in [0.5, 0.6) is 11.5 Å². The lowest BCUT2D eigenvalue weighted by Gasteiger charge is -2.24. The largest absolute Gasteiger partial charge is 0.507 e. The van der Waals surface area contributed by atoms with Crippen LogP contribution >= 0.6 is 0 Å². The Balaban J connectivity index is 2.60. The summed E-state index contributed by atoms with van der Waals surface area (Å²) < 4.78 is 25.3. The number of hydrogen-bond acceptors (Lipinski definition) is 4. The summed E-state index contributed by atoms with van der Waals surface area (Å²) in [4.78, 5) is 0.0236. The second kappa shape index (κ2) is 8.26. The first-order chi connectivity index (χ1) is 11.8. The lowest BCUT2D eigenvalue weighted by Crippen LogP contribution is -2.11. The molecule has 0 aromatic heterocycles. The molecule has 0 heterocycles. The number of unbranched alkanes of at least 4 members (excludes halogenated alkanes) is 2. The Morgan fingerprint density at radius 3 is 2.52 bits per heavy atom. The first-order valence-corrected chi connectivity index (χ1v) is 10.9. The third kappa shape index (κ3) is 4.38. The number of benzene rings is 1. The molecule has 0 saturated heterocycles. The monoisotopic (exact) mass is 366 g/mol. The van der Waals surface area contributed by atoms with Gasteiger partial charge in [-0.05, 0) is 50.7 Å². The van der Waals surface area contributed by atoms with E-state index < -0.39 is 9.84 Å². The van der Waals surface area contributed by atoms with Gasteiger partial charge in [0.1, 0.15) is 16.4 Å². The predicted octanol–water partition coefficient (Wildman–Crippen LogP) is 4.84. The van der Waals surface area contributed by atoms with Crippen LogP contribution < -0.4 is 0 Å². The molecule has 1 atom stereocenters. The Morgan fingerprint density at radius 1 is 1.20 bits per heavy atom. The second-order valence-electron chi connectivity index (χ2n) is 7.02. The first-order valence-electron chi connectivity index (χ1n) is 9.29. The van der Waals surface area contributed by atoms with E-state index in [2.05, 4.69) is 6.92 Å². The summed E-state index contributed by atoms with van der Waals surface area (Å²) in [5, 5.41) is 21.4. The first kappa shape index (κ1) is 19.8. The molecule has 0 aliphatic heterocycles. The minimum atomic E-state index is -3.57. The summed E-state index contributed by atoms with van der Waals surface area (Å²) in [6.07, 6.45) is 8.22. The third-order valence-electron chi connectivity index (χ3n) is 5.03. The minimum Gasteiger partial charge on any atom is -0.507 e. The van der Waals surface area contributed by atoms with Gasteiger partial charge in [-0.3, -0.25) is 0 Å². The van der Waals surface area contributed by atoms with Gasteiger partial charge in [-0.1, -0.05) is 38.3 Å². The molecule has 0 fully saturated rings. The second-order valence-corrected chi connectivity index (χ2v) is 9.23. The van der Waals surface area contributed by atoms with Crippen LogP contribution in [0.3, 0.4) is 0 Å². The van der Waals surface area contributed by atoms with Crippen molar-refractivity contribution in [3.63, 3.8) is 0 Å². The number of phenols is 2. The van der Waals surface area contributed by atoms with Gasteiger partial charge in [0.25, 0.3) is 0 Å². The summed E-state index contributed by atoms with van der Waals surface area (Å²) in [5.41, 5.74) is 2.11. The Bertz CT molecular complexity index is 747. The van der Waals surface area contributed by atoms with Crippen molar-refractivity contribution >= 4 is 9.84 Å². The Kier molecular flexibility index (Phi) is 6.55. The molecule has 140 valence electrons. The molecular formula is C20H30O4S. The highest BCUT2D eigenvalue weighted by molar-refractivity contribution is 7.91. The molecule has 2 rings (SSSR count). The number of allylic oxidation sites excluding steroid dienone is 2. The normalized spacial score (nSPS) is 18.2. The van der Waals surface area contributed by atoms with E-state index >= 15 is 0 Å². The van der Waals surface area contributed by atoms with E-state index in [1.54, 1.807) is 13.0 Å². The lowest BCUT2D eigenvalue weighted by atomic mass is 9.84. The molecule has 25 heavy (non-hydrogen) atoms. The topological polar surface area (TPSA) is 74.6 Å². The molecule has 0 radical (unpaired) electrons. The quantitative estimate of drug-likeness (QED) is 0.535. The van der Waals surface area contributed by atoms with E-state index in [0.29, 0.717) is 17.5 Å². The SMILES string of the molecule is CCCCCc1cc(O)c(C2C=C(C)CCC2)c(O)c1S(=O)(=O)CC. The zero-order chi connectivity index (χ0) is 18.6. The van der Waals surface area contributed by atoms with E-state index in [0.717, 1.165) is 38.5 Å². The fraction of sp³-hybridized carbons (Fsp3) is 0.600. The van der Waals surface area contributed by atoms with Gasteiger partial charge < -0.3 is 10.2 Å². The lowest BCUT2D eigenvalue weighted by molar-refractivity contribution is 0.416. The van der Waals surface area contributed by atoms with Gasteiger partial charge >= 0.3 is 0 Å². The third-order valence-corrected chi connectivity index (χ3v) is 6.87. The smallest absolute Gasteiger partial charge is 0.182 e. The van der Waals surface area contributed by atoms with Crippen molar-refractivity contribution in [2.45, 2.75) is 76.5 Å². The van der Waals surface area contributed by atoms with Gasteiger partial charge in [-0.25, -0.2) is 8.42 Å². The molecule has 0 spiro atoms. The van der Waals surface area contributed by atoms with Crippen LogP contribution in [0.4, 0.5) is 0 Å². The molecule has 1 aromatic rings. The molecule has 5 heteroatoms. The van der Waals surface area contributed by atoms with E-state index in [1.807, 2.05) is 13.0 Å². The van der Waals surface area contributed by atoms with Crippen molar-refractivity contribution in [2.75, 3.05) is 5.75 Å². The van der Waals surface area contributed by atoms with E-state index in [4.69, 9.17) is 0 Å². The van der Waals surface area contributed by atoms with Crippen LogP contribution in [-0.2, 0) is 16.3 Å². The molecule has 0 amide bonds. The van der Waals surface area contributed by atoms with Crippen molar-refractivity contribution in [3.8, 4) is 11.5 Å². The number of aryl methyl sites for hydroxylation is 1. The molecule has 1 aliphatic carbocycles. The molecule has 1 aromatic carbocycles. The van der Waals surface area contributed by atoms with Crippen LogP contribution in [0, 0.1) is 0 Å². The maximum absolute atomic E-state index is 12.6. The Labute approximate surface area is 151 Å². The maximum atomic E-state index is 12.6. The van der Waals surface area contributed by atoms with Crippen LogP contribution in [0.1, 0.15) is 76.3 Å². The van der Waals surface area contributed by atoms with E-state index in [9.17, 15) is 18.6 Å². The molecule has 1 unspecified atom stereocenters. The van der Waals surface area contributed by atoms with Crippen molar-refractivity contribution < 1.29 is 18.6 Å². The highest BCUT2D eigenvalue weighted by Crippen LogP contribution is 2.45. The summed E-state index contributed by atoms with van der Waals surface area (Å²) in [6.45, 7) is 5.70. The molecule has 0 bridgehead atoms. The zero-order valence-electron chi connectivity index (χ0n) is 15.5. The number of rotatable bonds is 7. The average molecular weight is 367 g/mol. The Morgan fingerprint density at radius 2 is 1.92 bits per heavy atom. The summed E-state index contributed by atoms with van der Waals surface area (Å²) in [6, 6.07) is 1.56. The number of sulfone groups is 1. The van der Waals surface area contributed by atoms with Gasteiger partial charge in [-0.15, -0.1) is 0 Å². The highest BCUT2D eigenvalue weighted by atomic mass is 32.2. The molecule has 2 N–H and O–H groups in total. The molecule has 0 saturated carbocycles.